The zero-order chi connectivity index (χ0) is 27.7. The first-order chi connectivity index (χ1) is 17.0. The van der Waals surface area contributed by atoms with Gasteiger partial charge in [-0.1, -0.05) is 13.8 Å². The number of amides is 3. The second-order valence-electron chi connectivity index (χ2n) is 7.70. The lowest BCUT2D eigenvalue weighted by Gasteiger charge is -2.24. The smallest absolute Gasteiger partial charge is 0.407 e. The average molecular weight is 536 g/mol. The van der Waals surface area contributed by atoms with E-state index in [1.54, 1.807) is 27.7 Å². The number of carbonyl (C=O) groups excluding carboxylic acids is 6. The van der Waals surface area contributed by atoms with Gasteiger partial charge in [0.2, 0.25) is 11.8 Å². The molecular formula is C22H37N3O10S. The fourth-order valence-corrected chi connectivity index (χ4v) is 3.55. The Hall–Kier alpha value is -3.03. The molecule has 3 amide bonds. The first-order valence-corrected chi connectivity index (χ1v) is 12.5. The summed E-state index contributed by atoms with van der Waals surface area (Å²) in [6.45, 7) is 6.93. The van der Waals surface area contributed by atoms with E-state index >= 15 is 0 Å². The van der Waals surface area contributed by atoms with Crippen molar-refractivity contribution in [1.29, 1.82) is 0 Å². The Bertz CT molecular complexity index is 762. The molecule has 3 N–H and O–H groups in total. The maximum Gasteiger partial charge on any atom is 0.407 e. The molecule has 13 nitrogen and oxygen atoms in total. The molecule has 206 valence electrons. The van der Waals surface area contributed by atoms with Crippen molar-refractivity contribution in [3.05, 3.63) is 0 Å². The molecule has 0 aliphatic carbocycles. The summed E-state index contributed by atoms with van der Waals surface area (Å²) in [5.41, 5.74) is 0. The average Bonchev–Trinajstić information content (AvgIpc) is 2.83. The van der Waals surface area contributed by atoms with Crippen LogP contribution in [0.2, 0.25) is 0 Å². The summed E-state index contributed by atoms with van der Waals surface area (Å²) < 4.78 is 19.0. The first kappa shape index (κ1) is 33.0. The molecule has 0 aromatic heterocycles. The molecule has 0 rings (SSSR count). The number of alkyl carbamates (subject to hydrolysis) is 1. The number of esters is 2. The molecule has 0 aliphatic heterocycles. The number of methoxy groups -OCH3 is 2. The van der Waals surface area contributed by atoms with Gasteiger partial charge in [0.1, 0.15) is 18.1 Å². The van der Waals surface area contributed by atoms with Crippen molar-refractivity contribution in [2.24, 2.45) is 5.92 Å². The number of rotatable bonds is 15. The van der Waals surface area contributed by atoms with Crippen LogP contribution in [0.1, 0.15) is 47.0 Å². The van der Waals surface area contributed by atoms with E-state index in [4.69, 9.17) is 14.2 Å². The number of thioether (sulfide) groups is 1. The van der Waals surface area contributed by atoms with Gasteiger partial charge in [-0.2, -0.15) is 0 Å². The quantitative estimate of drug-likeness (QED) is 0.202. The van der Waals surface area contributed by atoms with E-state index in [-0.39, 0.29) is 44.1 Å². The standard InChI is InChI=1S/C22H37N3O10S/c1-7-34-21(30)24-14(19(28)32-5)10-9-11-16(26)23-15(12-36-22(31)35-8-2)18(27)25-17(13(3)4)20(29)33-6/h13-15,17H,7-12H2,1-6H3,(H,23,26)(H,24,30)(H,25,27)/t14?,15-,17+/m0/s1. The van der Waals surface area contributed by atoms with E-state index < -0.39 is 53.3 Å². The van der Waals surface area contributed by atoms with Crippen LogP contribution in [-0.2, 0) is 38.1 Å². The minimum absolute atomic E-state index is 0.0745. The second-order valence-corrected chi connectivity index (χ2v) is 8.66. The summed E-state index contributed by atoms with van der Waals surface area (Å²) in [4.78, 5) is 72.7. The summed E-state index contributed by atoms with van der Waals surface area (Å²) in [6.07, 6.45) is -0.661. The molecular weight excluding hydrogens is 498 g/mol. The van der Waals surface area contributed by atoms with Gasteiger partial charge in [0.15, 0.2) is 0 Å². The highest BCUT2D eigenvalue weighted by Crippen LogP contribution is 2.11. The molecule has 36 heavy (non-hydrogen) atoms. The number of nitrogens with one attached hydrogen (secondary N) is 3. The highest BCUT2D eigenvalue weighted by molar-refractivity contribution is 8.13. The van der Waals surface area contributed by atoms with Gasteiger partial charge >= 0.3 is 23.3 Å². The molecule has 0 heterocycles. The zero-order valence-electron chi connectivity index (χ0n) is 21.5. The lowest BCUT2D eigenvalue weighted by atomic mass is 10.0. The van der Waals surface area contributed by atoms with E-state index in [1.807, 2.05) is 0 Å². The monoisotopic (exact) mass is 535 g/mol. The molecule has 0 saturated carbocycles. The van der Waals surface area contributed by atoms with Crippen LogP contribution < -0.4 is 16.0 Å². The minimum Gasteiger partial charge on any atom is -0.467 e. The van der Waals surface area contributed by atoms with Crippen molar-refractivity contribution in [2.45, 2.75) is 65.1 Å². The minimum atomic E-state index is -1.16. The maximum atomic E-state index is 12.9. The van der Waals surface area contributed by atoms with E-state index in [0.717, 1.165) is 7.11 Å². The fourth-order valence-electron chi connectivity index (χ4n) is 2.81. The van der Waals surface area contributed by atoms with Crippen molar-refractivity contribution in [3.63, 3.8) is 0 Å². The lowest BCUT2D eigenvalue weighted by molar-refractivity contribution is -0.146. The molecule has 0 fully saturated rings. The van der Waals surface area contributed by atoms with Gasteiger partial charge in [-0.25, -0.2) is 19.2 Å². The highest BCUT2D eigenvalue weighted by Gasteiger charge is 2.30. The van der Waals surface area contributed by atoms with Crippen molar-refractivity contribution >= 4 is 46.9 Å². The van der Waals surface area contributed by atoms with Crippen LogP contribution in [0.15, 0.2) is 0 Å². The molecule has 0 radical (unpaired) electrons. The Kier molecular flexibility index (Phi) is 16.7. The van der Waals surface area contributed by atoms with Crippen LogP contribution in [0.5, 0.6) is 0 Å². The van der Waals surface area contributed by atoms with E-state index in [1.165, 1.54) is 7.11 Å². The largest absolute Gasteiger partial charge is 0.467 e. The van der Waals surface area contributed by atoms with Crippen molar-refractivity contribution in [3.8, 4) is 0 Å². The predicted octanol–water partition coefficient (Wildman–Crippen LogP) is 1.13. The molecule has 0 spiro atoms. The van der Waals surface area contributed by atoms with Crippen molar-refractivity contribution in [1.82, 2.24) is 16.0 Å². The third-order valence-electron chi connectivity index (χ3n) is 4.65. The predicted molar refractivity (Wildman–Crippen MR) is 130 cm³/mol. The third-order valence-corrected chi connectivity index (χ3v) is 5.50. The number of hydrogen-bond acceptors (Lipinski definition) is 11. The first-order valence-electron chi connectivity index (χ1n) is 11.5. The number of carbonyl (C=O) groups is 6. The van der Waals surface area contributed by atoms with Gasteiger partial charge in [0.05, 0.1) is 27.4 Å². The van der Waals surface area contributed by atoms with Crippen molar-refractivity contribution in [2.75, 3.05) is 33.2 Å². The summed E-state index contributed by atoms with van der Waals surface area (Å²) >= 11 is 0.701. The molecule has 0 bridgehead atoms. The lowest BCUT2D eigenvalue weighted by Crippen LogP contribution is -2.54. The summed E-state index contributed by atoms with van der Waals surface area (Å²) in [5, 5.41) is 6.82. The van der Waals surface area contributed by atoms with Gasteiger partial charge in [0.25, 0.3) is 0 Å². The molecule has 0 aromatic carbocycles. The van der Waals surface area contributed by atoms with Crippen LogP contribution in [0.4, 0.5) is 9.59 Å². The molecule has 14 heteroatoms. The Labute approximate surface area is 215 Å². The van der Waals surface area contributed by atoms with Crippen LogP contribution in [0, 0.1) is 5.92 Å². The Balaban J connectivity index is 5.20. The second kappa shape index (κ2) is 18.3. The van der Waals surface area contributed by atoms with Crippen LogP contribution >= 0.6 is 11.8 Å². The zero-order valence-corrected chi connectivity index (χ0v) is 22.4. The fraction of sp³-hybridized carbons (Fsp3) is 0.727. The van der Waals surface area contributed by atoms with E-state index in [2.05, 4.69) is 20.7 Å². The Morgan fingerprint density at radius 3 is 1.94 bits per heavy atom. The van der Waals surface area contributed by atoms with Gasteiger partial charge in [-0.05, 0) is 44.4 Å². The van der Waals surface area contributed by atoms with Crippen LogP contribution in [-0.4, -0.2) is 86.5 Å². The van der Waals surface area contributed by atoms with E-state index in [9.17, 15) is 28.8 Å². The molecule has 3 atom stereocenters. The SMILES string of the molecule is CCOC(=O)NC(CCCC(=O)N[C@@H](CSC(=O)OCC)C(=O)N[C@@H](C(=O)OC)C(C)C)C(=O)OC. The Morgan fingerprint density at radius 1 is 0.806 bits per heavy atom. The topological polar surface area (TPSA) is 175 Å². The summed E-state index contributed by atoms with van der Waals surface area (Å²) in [6, 6.07) is -3.14. The molecule has 0 saturated heterocycles. The van der Waals surface area contributed by atoms with Gasteiger partial charge in [-0.3, -0.25) is 9.59 Å². The maximum absolute atomic E-state index is 12.9. The Morgan fingerprint density at radius 2 is 1.42 bits per heavy atom. The summed E-state index contributed by atoms with van der Waals surface area (Å²) in [7, 11) is 2.36. The van der Waals surface area contributed by atoms with Gasteiger partial charge < -0.3 is 34.9 Å². The molecule has 0 aliphatic rings. The van der Waals surface area contributed by atoms with Crippen LogP contribution in [0.3, 0.4) is 0 Å². The summed E-state index contributed by atoms with van der Waals surface area (Å²) in [5.74, 6) is -3.01. The number of hydrogen-bond donors (Lipinski definition) is 3. The van der Waals surface area contributed by atoms with Gasteiger partial charge in [-0.15, -0.1) is 0 Å². The highest BCUT2D eigenvalue weighted by atomic mass is 32.2. The molecule has 0 aromatic rings. The van der Waals surface area contributed by atoms with Crippen LogP contribution in [0.25, 0.3) is 0 Å². The van der Waals surface area contributed by atoms with E-state index in [0.29, 0.717) is 11.8 Å². The van der Waals surface area contributed by atoms with Gasteiger partial charge in [0, 0.05) is 12.2 Å². The van der Waals surface area contributed by atoms with Crippen molar-refractivity contribution < 1.29 is 47.7 Å². The molecule has 1 unspecified atom stereocenters. The third kappa shape index (κ3) is 13.2. The number of ether oxygens (including phenoxy) is 4. The normalized spacial score (nSPS) is 13.0.